The lowest BCUT2D eigenvalue weighted by molar-refractivity contribution is -0.158. The third kappa shape index (κ3) is 5.63. The number of carbonyl (C=O) groups excluding carboxylic acids is 3. The molecular formula is C31H38N2O5. The van der Waals surface area contributed by atoms with Crippen LogP contribution in [0.25, 0.3) is 0 Å². The molecule has 1 saturated heterocycles. The van der Waals surface area contributed by atoms with Crippen molar-refractivity contribution in [3.05, 3.63) is 65.7 Å². The quantitative estimate of drug-likeness (QED) is 0.398. The first-order valence-corrected chi connectivity index (χ1v) is 13.8. The van der Waals surface area contributed by atoms with Gasteiger partial charge in [0.25, 0.3) is 5.91 Å². The number of hydrogen-bond acceptors (Lipinski definition) is 6. The van der Waals surface area contributed by atoms with E-state index >= 15 is 0 Å². The number of hydrogen-bond donors (Lipinski definition) is 0. The Morgan fingerprint density at radius 1 is 1.03 bits per heavy atom. The monoisotopic (exact) mass is 518 g/mol. The Balaban J connectivity index is 1.52. The summed E-state index contributed by atoms with van der Waals surface area (Å²) in [5, 5.41) is 0. The second kappa shape index (κ2) is 10.9. The molecule has 2 aromatic carbocycles. The summed E-state index contributed by atoms with van der Waals surface area (Å²) in [6.07, 6.45) is 4.50. The molecule has 7 nitrogen and oxygen atoms in total. The molecule has 0 spiro atoms. The summed E-state index contributed by atoms with van der Waals surface area (Å²) in [7, 11) is 1.86. The fourth-order valence-electron chi connectivity index (χ4n) is 6.68. The third-order valence-corrected chi connectivity index (χ3v) is 8.68. The number of benzene rings is 2. The van der Waals surface area contributed by atoms with Crippen LogP contribution in [0.5, 0.6) is 5.75 Å². The van der Waals surface area contributed by atoms with Crippen LogP contribution in [0.2, 0.25) is 0 Å². The molecule has 0 aromatic heterocycles. The normalized spacial score (nSPS) is 27.2. The van der Waals surface area contributed by atoms with E-state index in [2.05, 4.69) is 11.0 Å². The highest BCUT2D eigenvalue weighted by Gasteiger charge is 2.54. The van der Waals surface area contributed by atoms with Crippen molar-refractivity contribution in [2.75, 3.05) is 26.7 Å². The molecule has 1 amide bonds. The highest BCUT2D eigenvalue weighted by atomic mass is 16.5. The summed E-state index contributed by atoms with van der Waals surface area (Å²) in [6, 6.07) is 17.0. The Morgan fingerprint density at radius 3 is 2.47 bits per heavy atom. The van der Waals surface area contributed by atoms with Gasteiger partial charge in [0.1, 0.15) is 11.9 Å². The van der Waals surface area contributed by atoms with Crippen LogP contribution in [0.1, 0.15) is 61.9 Å². The molecule has 202 valence electrons. The van der Waals surface area contributed by atoms with Crippen LogP contribution in [0.4, 0.5) is 0 Å². The summed E-state index contributed by atoms with van der Waals surface area (Å²) in [4.78, 5) is 41.9. The van der Waals surface area contributed by atoms with Gasteiger partial charge in [0, 0.05) is 63.3 Å². The lowest BCUT2D eigenvalue weighted by Crippen LogP contribution is -2.62. The number of carbonyl (C=O) groups is 3. The minimum atomic E-state index is -0.358. The standard InChI is InChI=1S/C31H38N2O5/c1-21(34)37-27-11-7-10-25(16-27)31-14-15-33(19-23-12-13-23)20-28(31)29(38-22(2)35)17-26(18-31)32(3)30(36)24-8-5-4-6-9-24/h4-11,16,23,26,28-29H,12-15,17-20H2,1-3H3/t26-,28+,29?,31+/m1/s1. The molecule has 38 heavy (non-hydrogen) atoms. The third-order valence-electron chi connectivity index (χ3n) is 8.68. The van der Waals surface area contributed by atoms with Crippen molar-refractivity contribution in [3.8, 4) is 5.75 Å². The summed E-state index contributed by atoms with van der Waals surface area (Å²) >= 11 is 0. The van der Waals surface area contributed by atoms with Crippen LogP contribution in [0.15, 0.2) is 54.6 Å². The number of esters is 2. The lowest BCUT2D eigenvalue weighted by Gasteiger charge is -2.56. The fourth-order valence-corrected chi connectivity index (χ4v) is 6.68. The van der Waals surface area contributed by atoms with Gasteiger partial charge in [0.2, 0.25) is 0 Å². The number of fused-ring (bicyclic) bond motifs is 1. The van der Waals surface area contributed by atoms with E-state index in [1.165, 1.54) is 26.7 Å². The van der Waals surface area contributed by atoms with E-state index in [9.17, 15) is 14.4 Å². The molecule has 0 radical (unpaired) electrons. The molecule has 1 heterocycles. The molecule has 2 aromatic rings. The molecule has 3 fully saturated rings. The Hall–Kier alpha value is -3.19. The van der Waals surface area contributed by atoms with Crippen molar-refractivity contribution in [3.63, 3.8) is 0 Å². The topological polar surface area (TPSA) is 76.2 Å². The van der Waals surface area contributed by atoms with Gasteiger partial charge in [-0.1, -0.05) is 30.3 Å². The zero-order valence-electron chi connectivity index (χ0n) is 22.6. The molecule has 3 aliphatic rings. The minimum Gasteiger partial charge on any atom is -0.462 e. The molecule has 1 unspecified atom stereocenters. The number of piperidine rings is 1. The molecule has 0 bridgehead atoms. The molecule has 1 aliphatic heterocycles. The second-order valence-corrected chi connectivity index (χ2v) is 11.4. The van der Waals surface area contributed by atoms with Crippen molar-refractivity contribution in [1.82, 2.24) is 9.80 Å². The Labute approximate surface area is 225 Å². The first kappa shape index (κ1) is 26.4. The summed E-state index contributed by atoms with van der Waals surface area (Å²) < 4.78 is 11.5. The van der Waals surface area contributed by atoms with Crippen LogP contribution in [-0.4, -0.2) is 66.5 Å². The SMILES string of the molecule is CC(=O)Oc1cccc([C@@]23CCN(CC4CC4)C[C@H]2C(OC(C)=O)C[C@@H](N(C)C(=O)c2ccccc2)C3)c1. The molecule has 2 aliphatic carbocycles. The predicted octanol–water partition coefficient (Wildman–Crippen LogP) is 4.45. The van der Waals surface area contributed by atoms with Crippen molar-refractivity contribution in [1.29, 1.82) is 0 Å². The first-order chi connectivity index (χ1) is 18.2. The number of amides is 1. The number of nitrogens with zero attached hydrogens (tertiary/aromatic N) is 2. The Kier molecular flexibility index (Phi) is 7.57. The maximum atomic E-state index is 13.5. The van der Waals surface area contributed by atoms with E-state index in [0.717, 1.165) is 44.0 Å². The van der Waals surface area contributed by atoms with Gasteiger partial charge in [-0.25, -0.2) is 0 Å². The van der Waals surface area contributed by atoms with Gasteiger partial charge >= 0.3 is 11.9 Å². The molecule has 5 rings (SSSR count). The van der Waals surface area contributed by atoms with E-state index in [0.29, 0.717) is 17.7 Å². The largest absolute Gasteiger partial charge is 0.462 e. The van der Waals surface area contributed by atoms with E-state index in [1.807, 2.05) is 54.4 Å². The van der Waals surface area contributed by atoms with E-state index in [4.69, 9.17) is 9.47 Å². The van der Waals surface area contributed by atoms with Gasteiger partial charge in [-0.2, -0.15) is 0 Å². The second-order valence-electron chi connectivity index (χ2n) is 11.4. The number of rotatable bonds is 7. The summed E-state index contributed by atoms with van der Waals surface area (Å²) in [5.74, 6) is 0.669. The average molecular weight is 519 g/mol. The van der Waals surface area contributed by atoms with Crippen molar-refractivity contribution < 1.29 is 23.9 Å². The Bertz CT molecular complexity index is 1180. The highest BCUT2D eigenvalue weighted by Crippen LogP contribution is 2.52. The maximum absolute atomic E-state index is 13.5. The number of ether oxygens (including phenoxy) is 2. The summed E-state index contributed by atoms with van der Waals surface area (Å²) in [5.41, 5.74) is 1.39. The minimum absolute atomic E-state index is 0.0365. The van der Waals surface area contributed by atoms with Crippen LogP contribution in [0.3, 0.4) is 0 Å². The molecular weight excluding hydrogens is 480 g/mol. The van der Waals surface area contributed by atoms with Crippen molar-refractivity contribution in [2.45, 2.75) is 63.5 Å². The fraction of sp³-hybridized carbons (Fsp3) is 0.516. The van der Waals surface area contributed by atoms with Crippen LogP contribution < -0.4 is 4.74 Å². The van der Waals surface area contributed by atoms with E-state index < -0.39 is 0 Å². The molecule has 2 saturated carbocycles. The van der Waals surface area contributed by atoms with Crippen LogP contribution in [-0.2, 0) is 19.7 Å². The van der Waals surface area contributed by atoms with Gasteiger partial charge in [0.05, 0.1) is 0 Å². The molecule has 4 atom stereocenters. The van der Waals surface area contributed by atoms with Gasteiger partial charge in [-0.05, 0) is 68.0 Å². The van der Waals surface area contributed by atoms with Gasteiger partial charge in [-0.3, -0.25) is 14.4 Å². The number of likely N-dealkylation sites (tertiary alicyclic amines) is 1. The van der Waals surface area contributed by atoms with E-state index in [-0.39, 0.29) is 41.3 Å². The zero-order valence-corrected chi connectivity index (χ0v) is 22.6. The predicted molar refractivity (Wildman–Crippen MR) is 144 cm³/mol. The highest BCUT2D eigenvalue weighted by molar-refractivity contribution is 5.94. The van der Waals surface area contributed by atoms with Crippen molar-refractivity contribution >= 4 is 17.8 Å². The Morgan fingerprint density at radius 2 is 1.79 bits per heavy atom. The lowest BCUT2D eigenvalue weighted by atomic mass is 9.56. The van der Waals surface area contributed by atoms with E-state index in [1.54, 1.807) is 6.07 Å². The van der Waals surface area contributed by atoms with Gasteiger partial charge < -0.3 is 19.3 Å². The van der Waals surface area contributed by atoms with Crippen LogP contribution in [0, 0.1) is 11.8 Å². The van der Waals surface area contributed by atoms with Gasteiger partial charge in [-0.15, -0.1) is 0 Å². The molecule has 7 heteroatoms. The van der Waals surface area contributed by atoms with Crippen LogP contribution >= 0.6 is 0 Å². The smallest absolute Gasteiger partial charge is 0.308 e. The first-order valence-electron chi connectivity index (χ1n) is 13.8. The zero-order chi connectivity index (χ0) is 26.9. The van der Waals surface area contributed by atoms with Crippen molar-refractivity contribution in [2.24, 2.45) is 11.8 Å². The van der Waals surface area contributed by atoms with Gasteiger partial charge in [0.15, 0.2) is 0 Å². The molecule has 0 N–H and O–H groups in total. The maximum Gasteiger partial charge on any atom is 0.308 e. The summed E-state index contributed by atoms with van der Waals surface area (Å²) in [6.45, 7) is 5.75. The average Bonchev–Trinajstić information content (AvgIpc) is 3.72.